The molecule has 1 aliphatic rings. The Morgan fingerprint density at radius 1 is 1.92 bits per heavy atom. The minimum absolute atomic E-state index is 0.228. The molecule has 0 bridgehead atoms. The van der Waals surface area contributed by atoms with E-state index in [0.717, 1.165) is 6.20 Å². The number of rotatable bonds is 2. The molecule has 1 heterocycles. The van der Waals surface area contributed by atoms with Gasteiger partial charge in [-0.15, -0.1) is 0 Å². The maximum absolute atomic E-state index is 10.5. The van der Waals surface area contributed by atoms with Gasteiger partial charge in [-0.2, -0.15) is 0 Å². The van der Waals surface area contributed by atoms with Crippen molar-refractivity contribution in [2.24, 2.45) is 0 Å². The highest BCUT2D eigenvalue weighted by molar-refractivity contribution is 9.12. The summed E-state index contributed by atoms with van der Waals surface area (Å²) in [4.78, 5) is 20.0. The normalized spacial score (nSPS) is 27.6. The van der Waals surface area contributed by atoms with Gasteiger partial charge in [0.05, 0.1) is 11.1 Å². The number of halogens is 1. The van der Waals surface area contributed by atoms with Crippen LogP contribution in [0.25, 0.3) is 0 Å². The zero-order valence-electron chi connectivity index (χ0n) is 5.48. The van der Waals surface area contributed by atoms with E-state index in [-0.39, 0.29) is 5.03 Å². The summed E-state index contributed by atoms with van der Waals surface area (Å²) >= 11 is 3.41. The van der Waals surface area contributed by atoms with E-state index >= 15 is 0 Å². The van der Waals surface area contributed by atoms with Crippen LogP contribution in [0.2, 0.25) is 0 Å². The second kappa shape index (κ2) is 2.94. The van der Waals surface area contributed by atoms with Crippen molar-refractivity contribution in [1.29, 1.82) is 0 Å². The number of carboxylic acid groups (broad SMARTS) is 1. The largest absolute Gasteiger partial charge is 0.478 e. The Bertz CT molecular complexity index is 280. The van der Waals surface area contributed by atoms with Gasteiger partial charge in [0.1, 0.15) is 0 Å². The van der Waals surface area contributed by atoms with Gasteiger partial charge >= 0.3 is 11.0 Å². The van der Waals surface area contributed by atoms with Gasteiger partial charge in [-0.3, -0.25) is 10.1 Å². The van der Waals surface area contributed by atoms with E-state index in [4.69, 9.17) is 5.11 Å². The van der Waals surface area contributed by atoms with Crippen molar-refractivity contribution in [3.63, 3.8) is 0 Å². The quantitative estimate of drug-likeness (QED) is 0.323. The van der Waals surface area contributed by atoms with E-state index in [1.54, 1.807) is 0 Å². The molecule has 8 heteroatoms. The number of thioether (sulfide) groups is 1. The lowest BCUT2D eigenvalue weighted by Gasteiger charge is -2.13. The summed E-state index contributed by atoms with van der Waals surface area (Å²) in [6.07, 6.45) is 1.05. The fourth-order valence-electron chi connectivity index (χ4n) is 0.553. The molecule has 0 saturated heterocycles. The first-order chi connectivity index (χ1) is 5.46. The van der Waals surface area contributed by atoms with E-state index in [1.165, 1.54) is 0 Å². The highest BCUT2D eigenvalue weighted by atomic mass is 79.9. The van der Waals surface area contributed by atoms with Crippen molar-refractivity contribution in [1.82, 2.24) is 5.32 Å². The number of nitrogens with zero attached hydrogens (tertiary/aromatic N) is 1. The van der Waals surface area contributed by atoms with Crippen LogP contribution in [0.15, 0.2) is 11.2 Å². The van der Waals surface area contributed by atoms with E-state index < -0.39 is 14.7 Å². The zero-order valence-corrected chi connectivity index (χ0v) is 7.89. The summed E-state index contributed by atoms with van der Waals surface area (Å²) in [6, 6.07) is 0. The molecule has 66 valence electrons. The van der Waals surface area contributed by atoms with E-state index in [2.05, 4.69) is 21.2 Å². The molecule has 0 saturated carbocycles. The first-order valence-corrected chi connectivity index (χ1v) is 4.30. The fourth-order valence-corrected chi connectivity index (χ4v) is 1.85. The number of carboxylic acids is 1. The Hall–Kier alpha value is -0.760. The molecule has 0 aromatic heterocycles. The Balaban J connectivity index is 2.75. The minimum atomic E-state index is -1.49. The summed E-state index contributed by atoms with van der Waals surface area (Å²) in [6.45, 7) is 0. The van der Waals surface area contributed by atoms with Gasteiger partial charge < -0.3 is 10.4 Å². The van der Waals surface area contributed by atoms with Crippen LogP contribution in [0.1, 0.15) is 0 Å². The molecular formula is C4H3BrN2O4S. The Morgan fingerprint density at radius 2 is 2.50 bits per heavy atom. The first kappa shape index (κ1) is 9.33. The fraction of sp³-hybridized carbons (Fsp3) is 0.250. The number of hydrogen-bond donors (Lipinski definition) is 2. The van der Waals surface area contributed by atoms with Crippen molar-refractivity contribution >= 4 is 33.7 Å². The Labute approximate surface area is 79.3 Å². The van der Waals surface area contributed by atoms with Gasteiger partial charge in [-0.1, -0.05) is 0 Å². The summed E-state index contributed by atoms with van der Waals surface area (Å²) in [7, 11) is 0. The average Bonchev–Trinajstić information content (AvgIpc) is 2.33. The molecule has 0 aliphatic carbocycles. The standard InChI is InChI=1S/C4H3BrN2O4S/c5-4(3(8)9)6-1-2(12-4)7(10)11/h1,6H,(H,8,9). The minimum Gasteiger partial charge on any atom is -0.478 e. The summed E-state index contributed by atoms with van der Waals surface area (Å²) < 4.78 is -1.49. The second-order valence-corrected chi connectivity index (χ2v) is 4.84. The van der Waals surface area contributed by atoms with Crippen LogP contribution in [0.4, 0.5) is 0 Å². The van der Waals surface area contributed by atoms with Gasteiger partial charge in [0.15, 0.2) is 0 Å². The lowest BCUT2D eigenvalue weighted by Crippen LogP contribution is -2.37. The molecule has 0 amide bonds. The monoisotopic (exact) mass is 254 g/mol. The molecule has 1 rings (SSSR count). The highest BCUT2D eigenvalue weighted by Gasteiger charge is 2.45. The molecular weight excluding hydrogens is 252 g/mol. The molecule has 0 spiro atoms. The number of hydrogen-bond acceptors (Lipinski definition) is 5. The number of aliphatic carboxylic acids is 1. The van der Waals surface area contributed by atoms with E-state index in [9.17, 15) is 14.9 Å². The van der Waals surface area contributed by atoms with Gasteiger partial charge in [-0.05, 0) is 15.9 Å². The third kappa shape index (κ3) is 1.53. The molecule has 0 aromatic carbocycles. The third-order valence-corrected chi connectivity index (χ3v) is 3.19. The number of carbonyl (C=O) groups is 1. The zero-order chi connectivity index (χ0) is 9.35. The molecule has 1 unspecified atom stereocenters. The van der Waals surface area contributed by atoms with Crippen molar-refractivity contribution in [3.8, 4) is 0 Å². The number of nitro groups is 1. The van der Waals surface area contributed by atoms with Crippen molar-refractivity contribution < 1.29 is 14.8 Å². The van der Waals surface area contributed by atoms with Crippen molar-refractivity contribution in [3.05, 3.63) is 21.3 Å². The topological polar surface area (TPSA) is 92.5 Å². The molecule has 1 atom stereocenters. The Kier molecular flexibility index (Phi) is 2.29. The summed E-state index contributed by atoms with van der Waals surface area (Å²) in [5, 5.41) is 20.9. The van der Waals surface area contributed by atoms with Gasteiger partial charge in [0.2, 0.25) is 3.78 Å². The lowest BCUT2D eigenvalue weighted by atomic mass is 10.6. The molecule has 1 aliphatic heterocycles. The maximum atomic E-state index is 10.5. The van der Waals surface area contributed by atoms with Gasteiger partial charge in [0.25, 0.3) is 0 Å². The van der Waals surface area contributed by atoms with Crippen molar-refractivity contribution in [2.45, 2.75) is 3.78 Å². The van der Waals surface area contributed by atoms with Crippen LogP contribution in [0, 0.1) is 10.1 Å². The SMILES string of the molecule is O=C(O)C1(Br)NC=C([N+](=O)[O-])S1. The number of nitrogens with one attached hydrogen (secondary N) is 1. The van der Waals surface area contributed by atoms with E-state index in [0.29, 0.717) is 11.8 Å². The van der Waals surface area contributed by atoms with Crippen LogP contribution >= 0.6 is 27.7 Å². The number of alkyl halides is 1. The van der Waals surface area contributed by atoms with Gasteiger partial charge in [-0.25, -0.2) is 4.79 Å². The predicted molar refractivity (Wildman–Crippen MR) is 45.1 cm³/mol. The van der Waals surface area contributed by atoms with Gasteiger partial charge in [0, 0.05) is 11.8 Å². The Morgan fingerprint density at radius 3 is 2.75 bits per heavy atom. The van der Waals surface area contributed by atoms with Crippen LogP contribution in [-0.2, 0) is 4.79 Å². The molecule has 0 aromatic rings. The summed E-state index contributed by atoms with van der Waals surface area (Å²) in [5.41, 5.74) is 0. The molecule has 0 radical (unpaired) electrons. The van der Waals surface area contributed by atoms with Crippen LogP contribution in [0.3, 0.4) is 0 Å². The highest BCUT2D eigenvalue weighted by Crippen LogP contribution is 2.40. The predicted octanol–water partition coefficient (Wildman–Crippen LogP) is 0.532. The second-order valence-electron chi connectivity index (χ2n) is 1.89. The maximum Gasteiger partial charge on any atom is 0.352 e. The third-order valence-electron chi connectivity index (χ3n) is 1.08. The van der Waals surface area contributed by atoms with Crippen molar-refractivity contribution in [2.75, 3.05) is 0 Å². The molecule has 2 N–H and O–H groups in total. The first-order valence-electron chi connectivity index (χ1n) is 2.69. The smallest absolute Gasteiger partial charge is 0.352 e. The molecule has 6 nitrogen and oxygen atoms in total. The molecule has 12 heavy (non-hydrogen) atoms. The lowest BCUT2D eigenvalue weighted by molar-refractivity contribution is -0.410. The van der Waals surface area contributed by atoms with Crippen LogP contribution in [0.5, 0.6) is 0 Å². The summed E-state index contributed by atoms with van der Waals surface area (Å²) in [5.74, 6) is -1.21. The van der Waals surface area contributed by atoms with Crippen LogP contribution < -0.4 is 5.32 Å². The molecule has 0 fully saturated rings. The van der Waals surface area contributed by atoms with E-state index in [1.807, 2.05) is 0 Å². The van der Waals surface area contributed by atoms with Crippen LogP contribution in [-0.4, -0.2) is 19.8 Å². The average molecular weight is 255 g/mol.